The molecule has 1 rings (SSSR count). The minimum Gasteiger partial charge on any atom is -0.382 e. The Balaban J connectivity index is 2.48. The lowest BCUT2D eigenvalue weighted by Crippen LogP contribution is -2.41. The predicted molar refractivity (Wildman–Crippen MR) is 71.6 cm³/mol. The molecule has 19 heavy (non-hydrogen) atoms. The molecule has 0 saturated carbocycles. The van der Waals surface area contributed by atoms with Crippen LogP contribution < -0.4 is 0 Å². The van der Waals surface area contributed by atoms with Crippen molar-refractivity contribution in [2.45, 2.75) is 39.7 Å². The Morgan fingerprint density at radius 1 is 1.26 bits per heavy atom. The van der Waals surface area contributed by atoms with E-state index in [1.165, 1.54) is 4.90 Å². The van der Waals surface area contributed by atoms with E-state index in [4.69, 9.17) is 9.47 Å². The molecule has 1 heterocycles. The van der Waals surface area contributed by atoms with Crippen LogP contribution in [0.5, 0.6) is 0 Å². The van der Waals surface area contributed by atoms with Crippen molar-refractivity contribution in [1.29, 1.82) is 0 Å². The third-order valence-corrected chi connectivity index (χ3v) is 3.26. The number of carbonyl (C=O) groups is 2. The fraction of sp³-hybridized carbons (Fsp3) is 0.857. The molecule has 5 nitrogen and oxygen atoms in total. The van der Waals surface area contributed by atoms with E-state index in [1.807, 2.05) is 6.92 Å². The van der Waals surface area contributed by atoms with Gasteiger partial charge in [-0.3, -0.25) is 14.5 Å². The van der Waals surface area contributed by atoms with E-state index >= 15 is 0 Å². The maximum atomic E-state index is 12.2. The summed E-state index contributed by atoms with van der Waals surface area (Å²) in [6, 6.07) is -0.200. The molecule has 1 aliphatic rings. The van der Waals surface area contributed by atoms with Crippen LogP contribution in [0.15, 0.2) is 0 Å². The minimum absolute atomic E-state index is 0.0402. The van der Waals surface area contributed by atoms with Crippen molar-refractivity contribution in [2.75, 3.05) is 26.9 Å². The zero-order valence-corrected chi connectivity index (χ0v) is 12.3. The third kappa shape index (κ3) is 4.58. The number of amides is 2. The molecular weight excluding hydrogens is 246 g/mol. The number of hydrogen-bond donors (Lipinski definition) is 0. The summed E-state index contributed by atoms with van der Waals surface area (Å²) in [5.41, 5.74) is 0. The number of rotatable bonds is 8. The highest BCUT2D eigenvalue weighted by Gasteiger charge is 2.40. The van der Waals surface area contributed by atoms with Crippen molar-refractivity contribution in [2.24, 2.45) is 11.8 Å². The second-order valence-corrected chi connectivity index (χ2v) is 5.55. The van der Waals surface area contributed by atoms with Crippen LogP contribution in [0, 0.1) is 11.8 Å². The Kier molecular flexibility index (Phi) is 6.45. The Labute approximate surface area is 115 Å². The molecule has 2 atom stereocenters. The lowest BCUT2D eigenvalue weighted by Gasteiger charge is -2.23. The summed E-state index contributed by atoms with van der Waals surface area (Å²) >= 11 is 0. The summed E-state index contributed by atoms with van der Waals surface area (Å²) in [5.74, 6) is 0.170. The molecule has 1 saturated heterocycles. The molecule has 0 N–H and O–H groups in total. The number of hydrogen-bond acceptors (Lipinski definition) is 4. The SMILES string of the molecule is COCCOCC(C)N1C(=O)CC(CC(C)C)C1=O. The summed E-state index contributed by atoms with van der Waals surface area (Å²) in [6.45, 7) is 7.35. The molecule has 0 radical (unpaired) electrons. The molecule has 5 heteroatoms. The standard InChI is InChI=1S/C14H25NO4/c1-10(2)7-12-8-13(16)15(14(12)17)11(3)9-19-6-5-18-4/h10-12H,5-9H2,1-4H3. The van der Waals surface area contributed by atoms with E-state index in [0.717, 1.165) is 6.42 Å². The Bertz CT molecular complexity index is 317. The van der Waals surface area contributed by atoms with Crippen molar-refractivity contribution in [3.8, 4) is 0 Å². The molecule has 110 valence electrons. The maximum Gasteiger partial charge on any atom is 0.233 e. The number of ether oxygens (including phenoxy) is 2. The quantitative estimate of drug-likeness (QED) is 0.495. The fourth-order valence-electron chi connectivity index (χ4n) is 2.40. The first kappa shape index (κ1) is 16.1. The second kappa shape index (κ2) is 7.60. The van der Waals surface area contributed by atoms with E-state index in [-0.39, 0.29) is 23.8 Å². The molecule has 0 aliphatic carbocycles. The second-order valence-electron chi connectivity index (χ2n) is 5.55. The first-order chi connectivity index (χ1) is 8.97. The molecule has 0 aromatic carbocycles. The molecular formula is C14H25NO4. The lowest BCUT2D eigenvalue weighted by atomic mass is 9.96. The van der Waals surface area contributed by atoms with E-state index in [0.29, 0.717) is 32.2 Å². The minimum atomic E-state index is -0.200. The predicted octanol–water partition coefficient (Wildman–Crippen LogP) is 1.46. The van der Waals surface area contributed by atoms with Crippen LogP contribution in [-0.2, 0) is 19.1 Å². The summed E-state index contributed by atoms with van der Waals surface area (Å²) in [7, 11) is 1.61. The normalized spacial score (nSPS) is 21.5. The first-order valence-corrected chi connectivity index (χ1v) is 6.90. The number of likely N-dealkylation sites (tertiary alicyclic amines) is 1. The number of methoxy groups -OCH3 is 1. The summed E-state index contributed by atoms with van der Waals surface area (Å²) in [4.78, 5) is 25.5. The highest BCUT2D eigenvalue weighted by atomic mass is 16.5. The van der Waals surface area contributed by atoms with Gasteiger partial charge in [-0.25, -0.2) is 0 Å². The average molecular weight is 271 g/mol. The molecule has 1 aliphatic heterocycles. The van der Waals surface area contributed by atoms with E-state index in [1.54, 1.807) is 7.11 Å². The Morgan fingerprint density at radius 3 is 2.53 bits per heavy atom. The monoisotopic (exact) mass is 271 g/mol. The molecule has 0 aromatic rings. The molecule has 1 fully saturated rings. The largest absolute Gasteiger partial charge is 0.382 e. The van der Waals surface area contributed by atoms with Gasteiger partial charge >= 0.3 is 0 Å². The molecule has 0 aromatic heterocycles. The van der Waals surface area contributed by atoms with E-state index < -0.39 is 0 Å². The number of nitrogens with zero attached hydrogens (tertiary/aromatic N) is 1. The van der Waals surface area contributed by atoms with Crippen molar-refractivity contribution in [3.63, 3.8) is 0 Å². The van der Waals surface area contributed by atoms with Crippen LogP contribution in [0.3, 0.4) is 0 Å². The van der Waals surface area contributed by atoms with Crippen LogP contribution in [0.1, 0.15) is 33.6 Å². The molecule has 2 amide bonds. The maximum absolute atomic E-state index is 12.2. The molecule has 0 spiro atoms. The van der Waals surface area contributed by atoms with Gasteiger partial charge in [-0.1, -0.05) is 13.8 Å². The zero-order chi connectivity index (χ0) is 14.4. The van der Waals surface area contributed by atoms with Gasteiger partial charge in [0.05, 0.1) is 25.9 Å². The van der Waals surface area contributed by atoms with Gasteiger partial charge in [0, 0.05) is 19.4 Å². The van der Waals surface area contributed by atoms with E-state index in [2.05, 4.69) is 13.8 Å². The Hall–Kier alpha value is -0.940. The Morgan fingerprint density at radius 2 is 1.95 bits per heavy atom. The summed E-state index contributed by atoms with van der Waals surface area (Å²) < 4.78 is 10.3. The van der Waals surface area contributed by atoms with Gasteiger partial charge in [-0.15, -0.1) is 0 Å². The van der Waals surface area contributed by atoms with Crippen LogP contribution in [0.25, 0.3) is 0 Å². The number of imide groups is 1. The van der Waals surface area contributed by atoms with Crippen molar-refractivity contribution >= 4 is 11.8 Å². The zero-order valence-electron chi connectivity index (χ0n) is 12.3. The summed E-state index contributed by atoms with van der Waals surface area (Å²) in [5, 5.41) is 0. The highest BCUT2D eigenvalue weighted by Crippen LogP contribution is 2.27. The van der Waals surface area contributed by atoms with Gasteiger partial charge < -0.3 is 9.47 Å². The van der Waals surface area contributed by atoms with Crippen LogP contribution in [-0.4, -0.2) is 49.7 Å². The third-order valence-electron chi connectivity index (χ3n) is 3.26. The summed E-state index contributed by atoms with van der Waals surface area (Å²) in [6.07, 6.45) is 1.12. The van der Waals surface area contributed by atoms with Gasteiger partial charge in [-0.2, -0.15) is 0 Å². The smallest absolute Gasteiger partial charge is 0.233 e. The number of carbonyl (C=O) groups excluding carboxylic acids is 2. The van der Waals surface area contributed by atoms with Crippen LogP contribution >= 0.6 is 0 Å². The van der Waals surface area contributed by atoms with Gasteiger partial charge in [-0.05, 0) is 19.3 Å². The van der Waals surface area contributed by atoms with Gasteiger partial charge in [0.2, 0.25) is 11.8 Å². The van der Waals surface area contributed by atoms with Crippen molar-refractivity contribution in [3.05, 3.63) is 0 Å². The lowest BCUT2D eigenvalue weighted by molar-refractivity contribution is -0.143. The average Bonchev–Trinajstić information content (AvgIpc) is 2.59. The van der Waals surface area contributed by atoms with Gasteiger partial charge in [0.1, 0.15) is 0 Å². The van der Waals surface area contributed by atoms with Crippen LogP contribution in [0.2, 0.25) is 0 Å². The topological polar surface area (TPSA) is 55.8 Å². The van der Waals surface area contributed by atoms with Crippen molar-refractivity contribution < 1.29 is 19.1 Å². The molecule has 0 bridgehead atoms. The molecule has 2 unspecified atom stereocenters. The van der Waals surface area contributed by atoms with Gasteiger partial charge in [0.25, 0.3) is 0 Å². The highest BCUT2D eigenvalue weighted by molar-refractivity contribution is 6.03. The van der Waals surface area contributed by atoms with Crippen molar-refractivity contribution in [1.82, 2.24) is 4.90 Å². The fourth-order valence-corrected chi connectivity index (χ4v) is 2.40. The van der Waals surface area contributed by atoms with Gasteiger partial charge in [0.15, 0.2) is 0 Å². The van der Waals surface area contributed by atoms with E-state index in [9.17, 15) is 9.59 Å². The van der Waals surface area contributed by atoms with Crippen LogP contribution in [0.4, 0.5) is 0 Å². The first-order valence-electron chi connectivity index (χ1n) is 6.90.